The Morgan fingerprint density at radius 3 is 1.24 bits per heavy atom. The van der Waals surface area contributed by atoms with Gasteiger partial charge in [0.25, 0.3) is 0 Å². The van der Waals surface area contributed by atoms with Crippen molar-refractivity contribution in [3.63, 3.8) is 0 Å². The average Bonchev–Trinajstić information content (AvgIpc) is 2.22. The van der Waals surface area contributed by atoms with Gasteiger partial charge in [0.15, 0.2) is 0 Å². The number of amides is 1. The van der Waals surface area contributed by atoms with E-state index in [1.54, 1.807) is 0 Å². The van der Waals surface area contributed by atoms with E-state index in [4.69, 9.17) is 5.73 Å². The number of carbonyl (C=O) groups is 1. The van der Waals surface area contributed by atoms with Crippen LogP contribution in [0.1, 0.15) is 116 Å². The van der Waals surface area contributed by atoms with E-state index >= 15 is 0 Å². The van der Waals surface area contributed by atoms with E-state index in [-0.39, 0.29) is 49.7 Å². The van der Waals surface area contributed by atoms with Gasteiger partial charge in [-0.3, -0.25) is 4.79 Å². The van der Waals surface area contributed by atoms with Gasteiger partial charge in [0, 0.05) is 16.5 Å². The predicted octanol–water partition coefficient (Wildman–Crippen LogP) is 6.73. The summed E-state index contributed by atoms with van der Waals surface area (Å²) >= 11 is 0. The minimum absolute atomic E-state index is 0. The number of hydrogen-bond donors (Lipinski definition) is 2. The lowest BCUT2D eigenvalue weighted by Gasteiger charge is -2.75. The summed E-state index contributed by atoms with van der Waals surface area (Å²) in [6, 6.07) is 0. The molecule has 0 heterocycles. The van der Waals surface area contributed by atoms with Gasteiger partial charge >= 0.3 is 0 Å². The zero-order chi connectivity index (χ0) is 20.0. The zero-order valence-electron chi connectivity index (χ0n) is 19.1. The van der Waals surface area contributed by atoms with Crippen molar-refractivity contribution in [2.45, 2.75) is 127 Å². The topological polar surface area (TPSA) is 55.1 Å². The largest absolute Gasteiger partial charge is 0.350 e. The molecule has 6 saturated carbocycles. The lowest BCUT2D eigenvalue weighted by molar-refractivity contribution is -0.218. The fourth-order valence-electron chi connectivity index (χ4n) is 5.81. The van der Waals surface area contributed by atoms with Crippen LogP contribution in [0.5, 0.6) is 0 Å². The molecule has 6 fully saturated rings. The van der Waals surface area contributed by atoms with Crippen LogP contribution in [-0.4, -0.2) is 17.0 Å². The summed E-state index contributed by atoms with van der Waals surface area (Å²) < 4.78 is 0. The maximum Gasteiger partial charge on any atom is 0.225 e. The number of nitrogens with one attached hydrogen (secondary N) is 1. The molecule has 0 spiro atoms. The van der Waals surface area contributed by atoms with Crippen LogP contribution in [0.15, 0.2) is 0 Å². The van der Waals surface area contributed by atoms with Gasteiger partial charge in [-0.2, -0.15) is 0 Å². The molecule has 0 unspecified atom stereocenters. The quantitative estimate of drug-likeness (QED) is 0.484. The summed E-state index contributed by atoms with van der Waals surface area (Å²) in [6.45, 7) is 19.9. The summed E-state index contributed by atoms with van der Waals surface area (Å²) in [6.07, 6.45) is 7.40. The zero-order valence-corrected chi connectivity index (χ0v) is 20.0. The first-order valence-electron chi connectivity index (χ1n) is 10.5. The van der Waals surface area contributed by atoms with E-state index < -0.39 is 0 Å². The average molecular weight is 431 g/mol. The van der Waals surface area contributed by atoms with Crippen LogP contribution in [0.2, 0.25) is 0 Å². The Kier molecular flexibility index (Phi) is 7.33. The van der Waals surface area contributed by atoms with E-state index in [1.807, 2.05) is 20.8 Å². The smallest absolute Gasteiger partial charge is 0.225 e. The first kappa shape index (κ1) is 28.7. The second kappa shape index (κ2) is 7.40. The normalized spacial score (nSPS) is 38.4. The van der Waals surface area contributed by atoms with Gasteiger partial charge in [-0.05, 0) is 60.2 Å². The molecule has 0 aromatic heterocycles. The molecule has 0 atom stereocenters. The number of rotatable bonds is 1. The third-order valence-corrected chi connectivity index (χ3v) is 8.34. The number of halogens is 1. The van der Waals surface area contributed by atoms with Crippen molar-refractivity contribution < 1.29 is 4.79 Å². The molecule has 29 heavy (non-hydrogen) atoms. The Labute approximate surface area is 188 Å². The molecule has 3 N–H and O–H groups in total. The lowest BCUT2D eigenvalue weighted by Crippen LogP contribution is -2.78. The van der Waals surface area contributed by atoms with Gasteiger partial charge < -0.3 is 11.1 Å². The summed E-state index contributed by atoms with van der Waals surface area (Å²) in [7, 11) is 0. The third kappa shape index (κ3) is 4.38. The SMILES string of the molecule is C.C.CC(C)(C)C(=O)NC12CC(C(C)(C)C)(C1)C2.CC(C)(C)C12CC(N)(C1)C2.Cl. The Bertz CT molecular complexity index is 579. The van der Waals surface area contributed by atoms with Crippen LogP contribution in [0, 0.1) is 27.1 Å². The molecule has 0 aliphatic heterocycles. The molecule has 4 heteroatoms. The molecule has 6 aliphatic rings. The van der Waals surface area contributed by atoms with E-state index in [1.165, 1.54) is 38.5 Å². The number of carbonyl (C=O) groups excluding carboxylic acids is 1. The lowest BCUT2D eigenvalue weighted by atomic mass is 9.33. The van der Waals surface area contributed by atoms with Crippen LogP contribution in [0.4, 0.5) is 0 Å². The second-order valence-electron chi connectivity index (χ2n) is 13.5. The summed E-state index contributed by atoms with van der Waals surface area (Å²) in [5.41, 5.74) is 8.20. The number of hydrogen-bond acceptors (Lipinski definition) is 2. The highest BCUT2D eigenvalue weighted by molar-refractivity contribution is 5.85. The molecule has 0 aromatic carbocycles. The Balaban J connectivity index is 0.000000528. The van der Waals surface area contributed by atoms with Crippen molar-refractivity contribution in [1.29, 1.82) is 0 Å². The summed E-state index contributed by atoms with van der Waals surface area (Å²) in [5.74, 6) is 0.203. The first-order valence-corrected chi connectivity index (χ1v) is 10.5. The van der Waals surface area contributed by atoms with Gasteiger partial charge in [0.1, 0.15) is 0 Å². The minimum Gasteiger partial charge on any atom is -0.350 e. The van der Waals surface area contributed by atoms with E-state index in [9.17, 15) is 4.79 Å². The highest BCUT2D eigenvalue weighted by atomic mass is 35.5. The van der Waals surface area contributed by atoms with Gasteiger partial charge in [-0.1, -0.05) is 77.2 Å². The van der Waals surface area contributed by atoms with E-state index in [0.29, 0.717) is 21.7 Å². The van der Waals surface area contributed by atoms with Crippen molar-refractivity contribution in [2.75, 3.05) is 0 Å². The molecule has 6 aliphatic carbocycles. The molecule has 1 amide bonds. The van der Waals surface area contributed by atoms with Crippen LogP contribution in [0.3, 0.4) is 0 Å². The van der Waals surface area contributed by atoms with Gasteiger partial charge in [0.05, 0.1) is 0 Å². The maximum absolute atomic E-state index is 11.9. The molecule has 0 radical (unpaired) electrons. The van der Waals surface area contributed by atoms with Crippen LogP contribution in [-0.2, 0) is 4.79 Å². The van der Waals surface area contributed by atoms with Gasteiger partial charge in [-0.15, -0.1) is 12.4 Å². The van der Waals surface area contributed by atoms with Crippen molar-refractivity contribution in [3.8, 4) is 0 Å². The second-order valence-corrected chi connectivity index (χ2v) is 13.5. The molecule has 0 aromatic rings. The van der Waals surface area contributed by atoms with Crippen molar-refractivity contribution in [3.05, 3.63) is 0 Å². The molecular weight excluding hydrogens is 380 g/mol. The molecule has 3 nitrogen and oxygen atoms in total. The van der Waals surface area contributed by atoms with Crippen molar-refractivity contribution in [1.82, 2.24) is 5.32 Å². The standard InChI is InChI=1S/C14H25NO.C9H17N.2CH4.ClH/c1-11(2,3)10(16)15-14-7-13(8-14,9-14)12(4,5)6;1-7(2,3)8-4-9(10,5-8)6-8;;;/h7-9H2,1-6H3,(H,15,16);4-6,10H2,1-3H3;2*1H4;1H. The monoisotopic (exact) mass is 430 g/mol. The Hall–Kier alpha value is -0.280. The number of nitrogens with two attached hydrogens (primary N) is 1. The maximum atomic E-state index is 11.9. The Morgan fingerprint density at radius 2 is 1.03 bits per heavy atom. The summed E-state index contributed by atoms with van der Waals surface area (Å²) in [5, 5.41) is 3.26. The van der Waals surface area contributed by atoms with Gasteiger partial charge in [-0.25, -0.2) is 0 Å². The van der Waals surface area contributed by atoms with Crippen LogP contribution in [0.25, 0.3) is 0 Å². The minimum atomic E-state index is -0.260. The van der Waals surface area contributed by atoms with Crippen molar-refractivity contribution in [2.24, 2.45) is 32.8 Å². The van der Waals surface area contributed by atoms with E-state index in [0.717, 1.165) is 0 Å². The molecule has 6 rings (SSSR count). The predicted molar refractivity (Wildman–Crippen MR) is 129 cm³/mol. The molecular formula is C25H51ClN2O. The van der Waals surface area contributed by atoms with Crippen molar-refractivity contribution >= 4 is 18.3 Å². The Morgan fingerprint density at radius 1 is 0.724 bits per heavy atom. The first-order chi connectivity index (χ1) is 11.4. The highest BCUT2D eigenvalue weighted by Gasteiger charge is 2.72. The van der Waals surface area contributed by atoms with Gasteiger partial charge in [0.2, 0.25) is 5.91 Å². The van der Waals surface area contributed by atoms with Crippen LogP contribution < -0.4 is 11.1 Å². The highest BCUT2D eigenvalue weighted by Crippen LogP contribution is 2.74. The molecule has 4 bridgehead atoms. The molecule has 174 valence electrons. The fourth-order valence-corrected chi connectivity index (χ4v) is 5.81. The third-order valence-electron chi connectivity index (χ3n) is 8.34. The summed E-state index contributed by atoms with van der Waals surface area (Å²) in [4.78, 5) is 11.9. The van der Waals surface area contributed by atoms with Crippen LogP contribution >= 0.6 is 12.4 Å². The fraction of sp³-hybridized carbons (Fsp3) is 0.960. The van der Waals surface area contributed by atoms with E-state index in [2.05, 4.69) is 46.9 Å². The molecule has 0 saturated heterocycles.